The zero-order chi connectivity index (χ0) is 17.1. The van der Waals surface area contributed by atoms with Gasteiger partial charge in [-0.2, -0.15) is 10.2 Å². The number of nitrogens with zero attached hydrogens (tertiary/aromatic N) is 4. The highest BCUT2D eigenvalue weighted by Crippen LogP contribution is 2.18. The maximum atomic E-state index is 4.49. The highest BCUT2D eigenvalue weighted by atomic mass is 15.3. The number of hydrogen-bond donors (Lipinski definition) is 0. The van der Waals surface area contributed by atoms with Gasteiger partial charge < -0.3 is 0 Å². The van der Waals surface area contributed by atoms with Gasteiger partial charge in [0.25, 0.3) is 0 Å². The van der Waals surface area contributed by atoms with Crippen molar-refractivity contribution in [3.63, 3.8) is 0 Å². The minimum atomic E-state index is 0.776. The molecule has 0 unspecified atom stereocenters. The van der Waals surface area contributed by atoms with Crippen molar-refractivity contribution in [2.24, 2.45) is 0 Å². The second-order valence-corrected chi connectivity index (χ2v) is 6.33. The Hall–Kier alpha value is -3.14. The standard InChI is InChI=1S/C21H20N4/c1-17-6-5-9-19(10-17)14-25-16-21(12-23-25)20-11-22-24(15-20)13-18-7-3-2-4-8-18/h2-12,15-16H,13-14H2,1H3. The van der Waals surface area contributed by atoms with Crippen molar-refractivity contribution in [3.8, 4) is 11.1 Å². The van der Waals surface area contributed by atoms with Crippen LogP contribution in [0.4, 0.5) is 0 Å². The van der Waals surface area contributed by atoms with E-state index >= 15 is 0 Å². The van der Waals surface area contributed by atoms with Crippen LogP contribution in [0.25, 0.3) is 11.1 Å². The summed E-state index contributed by atoms with van der Waals surface area (Å²) in [7, 11) is 0. The van der Waals surface area contributed by atoms with Crippen molar-refractivity contribution in [2.45, 2.75) is 20.0 Å². The largest absolute Gasteiger partial charge is 0.268 e. The Morgan fingerprint density at radius 1 is 0.720 bits per heavy atom. The molecule has 0 fully saturated rings. The third-order valence-electron chi connectivity index (χ3n) is 4.21. The van der Waals surface area contributed by atoms with Gasteiger partial charge in [0.15, 0.2) is 0 Å². The van der Waals surface area contributed by atoms with E-state index in [1.165, 1.54) is 16.7 Å². The lowest BCUT2D eigenvalue weighted by molar-refractivity contribution is 0.686. The van der Waals surface area contributed by atoms with Crippen molar-refractivity contribution in [1.82, 2.24) is 19.6 Å². The van der Waals surface area contributed by atoms with Crippen LogP contribution in [0, 0.1) is 6.92 Å². The summed E-state index contributed by atoms with van der Waals surface area (Å²) < 4.78 is 3.93. The lowest BCUT2D eigenvalue weighted by Gasteiger charge is -2.02. The predicted octanol–water partition coefficient (Wildman–Crippen LogP) is 4.15. The van der Waals surface area contributed by atoms with Gasteiger partial charge in [0.2, 0.25) is 0 Å². The summed E-state index contributed by atoms with van der Waals surface area (Å²) >= 11 is 0. The first-order valence-corrected chi connectivity index (χ1v) is 8.41. The fraction of sp³-hybridized carbons (Fsp3) is 0.143. The Balaban J connectivity index is 1.49. The molecular weight excluding hydrogens is 308 g/mol. The molecular formula is C21H20N4. The summed E-state index contributed by atoms with van der Waals surface area (Å²) in [6, 6.07) is 18.9. The van der Waals surface area contributed by atoms with E-state index in [0.29, 0.717) is 0 Å². The number of benzene rings is 2. The summed E-state index contributed by atoms with van der Waals surface area (Å²) in [5.74, 6) is 0. The van der Waals surface area contributed by atoms with Crippen molar-refractivity contribution >= 4 is 0 Å². The Bertz CT molecular complexity index is 966. The van der Waals surface area contributed by atoms with Crippen LogP contribution in [-0.2, 0) is 13.1 Å². The van der Waals surface area contributed by atoms with E-state index in [1.807, 2.05) is 27.8 Å². The molecule has 4 heteroatoms. The minimum absolute atomic E-state index is 0.776. The molecule has 4 nitrogen and oxygen atoms in total. The molecule has 2 heterocycles. The van der Waals surface area contributed by atoms with Crippen LogP contribution in [0.2, 0.25) is 0 Å². The molecule has 0 radical (unpaired) electrons. The fourth-order valence-corrected chi connectivity index (χ4v) is 2.97. The Morgan fingerprint density at radius 3 is 1.96 bits per heavy atom. The first-order chi connectivity index (χ1) is 12.3. The lowest BCUT2D eigenvalue weighted by atomic mass is 10.1. The van der Waals surface area contributed by atoms with Crippen LogP contribution in [0.1, 0.15) is 16.7 Å². The number of aryl methyl sites for hydroxylation is 1. The highest BCUT2D eigenvalue weighted by molar-refractivity contribution is 5.59. The van der Waals surface area contributed by atoms with Crippen molar-refractivity contribution in [3.05, 3.63) is 96.1 Å². The molecule has 2 aromatic carbocycles. The normalized spacial score (nSPS) is 10.9. The van der Waals surface area contributed by atoms with E-state index in [-0.39, 0.29) is 0 Å². The van der Waals surface area contributed by atoms with Crippen LogP contribution in [0.5, 0.6) is 0 Å². The summed E-state index contributed by atoms with van der Waals surface area (Å²) in [6.45, 7) is 3.66. The first-order valence-electron chi connectivity index (χ1n) is 8.41. The van der Waals surface area contributed by atoms with Crippen LogP contribution in [0.3, 0.4) is 0 Å². The Labute approximate surface area is 147 Å². The minimum Gasteiger partial charge on any atom is -0.268 e. The molecule has 25 heavy (non-hydrogen) atoms. The van der Waals surface area contributed by atoms with Crippen molar-refractivity contribution < 1.29 is 0 Å². The molecule has 0 atom stereocenters. The maximum absolute atomic E-state index is 4.49. The van der Waals surface area contributed by atoms with Crippen molar-refractivity contribution in [1.29, 1.82) is 0 Å². The zero-order valence-corrected chi connectivity index (χ0v) is 14.2. The molecule has 0 saturated carbocycles. The van der Waals surface area contributed by atoms with Crippen LogP contribution in [0.15, 0.2) is 79.4 Å². The van der Waals surface area contributed by atoms with Crippen LogP contribution >= 0.6 is 0 Å². The molecule has 4 rings (SSSR count). The van der Waals surface area contributed by atoms with Gasteiger partial charge in [-0.1, -0.05) is 60.2 Å². The average Bonchev–Trinajstić information content (AvgIpc) is 3.25. The third-order valence-corrected chi connectivity index (χ3v) is 4.21. The quantitative estimate of drug-likeness (QED) is 0.552. The molecule has 0 spiro atoms. The average molecular weight is 328 g/mol. The summed E-state index contributed by atoms with van der Waals surface area (Å²) in [5, 5.41) is 8.96. The molecule has 0 aliphatic heterocycles. The fourth-order valence-electron chi connectivity index (χ4n) is 2.97. The molecule has 0 saturated heterocycles. The van der Waals surface area contributed by atoms with Crippen molar-refractivity contribution in [2.75, 3.05) is 0 Å². The Kier molecular flexibility index (Phi) is 4.17. The SMILES string of the molecule is Cc1cccc(Cn2cc(-c3cnn(Cc4ccccc4)c3)cn2)c1. The van der Waals surface area contributed by atoms with E-state index < -0.39 is 0 Å². The third kappa shape index (κ3) is 3.69. The van der Waals surface area contributed by atoms with Gasteiger partial charge >= 0.3 is 0 Å². The molecule has 0 aliphatic carbocycles. The van der Waals surface area contributed by atoms with Gasteiger partial charge in [-0.25, -0.2) is 0 Å². The van der Waals surface area contributed by atoms with Gasteiger partial charge in [0.1, 0.15) is 0 Å². The van der Waals surface area contributed by atoms with Gasteiger partial charge in [0.05, 0.1) is 25.5 Å². The van der Waals surface area contributed by atoms with Gasteiger partial charge in [-0.05, 0) is 18.1 Å². The van der Waals surface area contributed by atoms with Crippen LogP contribution < -0.4 is 0 Å². The van der Waals surface area contributed by atoms with E-state index in [9.17, 15) is 0 Å². The van der Waals surface area contributed by atoms with E-state index in [0.717, 1.165) is 24.2 Å². The summed E-state index contributed by atoms with van der Waals surface area (Å²) in [5.41, 5.74) is 5.95. The smallest absolute Gasteiger partial charge is 0.0659 e. The number of aromatic nitrogens is 4. The van der Waals surface area contributed by atoms with Gasteiger partial charge in [0, 0.05) is 23.5 Å². The second kappa shape index (κ2) is 6.77. The molecule has 0 aliphatic rings. The topological polar surface area (TPSA) is 35.6 Å². The highest BCUT2D eigenvalue weighted by Gasteiger charge is 2.06. The molecule has 2 aromatic heterocycles. The summed E-state index contributed by atoms with van der Waals surface area (Å²) in [6.07, 6.45) is 7.95. The van der Waals surface area contributed by atoms with E-state index in [1.54, 1.807) is 0 Å². The van der Waals surface area contributed by atoms with Gasteiger partial charge in [-0.15, -0.1) is 0 Å². The second-order valence-electron chi connectivity index (χ2n) is 6.33. The van der Waals surface area contributed by atoms with E-state index in [4.69, 9.17) is 0 Å². The van der Waals surface area contributed by atoms with E-state index in [2.05, 4.69) is 78.0 Å². The van der Waals surface area contributed by atoms with Gasteiger partial charge in [-0.3, -0.25) is 9.36 Å². The Morgan fingerprint density at radius 2 is 1.32 bits per heavy atom. The monoisotopic (exact) mass is 328 g/mol. The van der Waals surface area contributed by atoms with Crippen LogP contribution in [-0.4, -0.2) is 19.6 Å². The summed E-state index contributed by atoms with van der Waals surface area (Å²) in [4.78, 5) is 0. The molecule has 0 amide bonds. The number of rotatable bonds is 5. The molecule has 124 valence electrons. The molecule has 4 aromatic rings. The maximum Gasteiger partial charge on any atom is 0.0659 e. The molecule has 0 N–H and O–H groups in total. The first kappa shape index (κ1) is 15.4. The molecule has 0 bridgehead atoms. The predicted molar refractivity (Wildman–Crippen MR) is 99.3 cm³/mol. The number of hydrogen-bond acceptors (Lipinski definition) is 2. The zero-order valence-electron chi connectivity index (χ0n) is 14.2. The lowest BCUT2D eigenvalue weighted by Crippen LogP contribution is -1.99.